The van der Waals surface area contributed by atoms with Gasteiger partial charge in [-0.15, -0.1) is 0 Å². The summed E-state index contributed by atoms with van der Waals surface area (Å²) in [6.45, 7) is 1.77. The first-order valence-corrected chi connectivity index (χ1v) is 5.25. The maximum Gasteiger partial charge on any atom is 0.305 e. The van der Waals surface area contributed by atoms with Crippen molar-refractivity contribution in [2.45, 2.75) is 31.7 Å². The van der Waals surface area contributed by atoms with Crippen molar-refractivity contribution in [1.29, 1.82) is 0 Å². The lowest BCUT2D eigenvalue weighted by atomic mass is 10.0. The van der Waals surface area contributed by atoms with Gasteiger partial charge in [-0.2, -0.15) is 0 Å². The molecule has 1 amide bonds. The number of amides is 1. The first-order chi connectivity index (χ1) is 7.15. The monoisotopic (exact) mass is 214 g/mol. The number of esters is 1. The molecule has 0 aromatic rings. The Morgan fingerprint density at radius 2 is 2.20 bits per heavy atom. The number of likely N-dealkylation sites (tertiary alicyclic amines) is 1. The molecule has 5 heteroatoms. The van der Waals surface area contributed by atoms with E-state index in [-0.39, 0.29) is 17.9 Å². The fourth-order valence-electron chi connectivity index (χ4n) is 1.72. The number of carbonyl (C=O) groups excluding carboxylic acids is 2. The molecule has 1 atom stereocenters. The molecule has 1 saturated heterocycles. The number of nitrogens with two attached hydrogens (primary N) is 1. The van der Waals surface area contributed by atoms with E-state index < -0.39 is 0 Å². The van der Waals surface area contributed by atoms with Crippen LogP contribution in [0.5, 0.6) is 0 Å². The van der Waals surface area contributed by atoms with Crippen molar-refractivity contribution in [1.82, 2.24) is 4.90 Å². The molecule has 0 aromatic heterocycles. The van der Waals surface area contributed by atoms with Crippen LogP contribution in [0.2, 0.25) is 0 Å². The van der Waals surface area contributed by atoms with Gasteiger partial charge in [0.1, 0.15) is 0 Å². The Hall–Kier alpha value is -1.10. The van der Waals surface area contributed by atoms with Gasteiger partial charge in [0.05, 0.1) is 13.2 Å². The number of carbonyl (C=O) groups is 2. The first kappa shape index (κ1) is 12.0. The average Bonchev–Trinajstić information content (AvgIpc) is 2.14. The van der Waals surface area contributed by atoms with E-state index in [1.807, 2.05) is 0 Å². The Kier molecular flexibility index (Phi) is 4.55. The lowest BCUT2D eigenvalue weighted by Crippen LogP contribution is -2.54. The molecule has 1 fully saturated rings. The van der Waals surface area contributed by atoms with Gasteiger partial charge in [0.15, 0.2) is 0 Å². The van der Waals surface area contributed by atoms with Gasteiger partial charge in [0, 0.05) is 13.0 Å². The summed E-state index contributed by atoms with van der Waals surface area (Å²) in [5, 5.41) is 0. The fourth-order valence-corrected chi connectivity index (χ4v) is 1.72. The molecule has 1 heterocycles. The average molecular weight is 214 g/mol. The molecule has 2 N–H and O–H groups in total. The molecule has 0 aliphatic carbocycles. The summed E-state index contributed by atoms with van der Waals surface area (Å²) in [6.07, 6.45) is 3.02. The summed E-state index contributed by atoms with van der Waals surface area (Å²) >= 11 is 0. The van der Waals surface area contributed by atoms with Crippen LogP contribution in [0.25, 0.3) is 0 Å². The summed E-state index contributed by atoms with van der Waals surface area (Å²) in [7, 11) is 1.39. The van der Waals surface area contributed by atoms with Crippen LogP contribution in [0.15, 0.2) is 0 Å². The Labute approximate surface area is 89.6 Å². The van der Waals surface area contributed by atoms with Gasteiger partial charge in [-0.1, -0.05) is 0 Å². The van der Waals surface area contributed by atoms with Crippen LogP contribution in [-0.2, 0) is 14.3 Å². The Morgan fingerprint density at radius 3 is 2.67 bits per heavy atom. The number of nitrogens with zero attached hydrogens (tertiary/aromatic N) is 1. The summed E-state index contributed by atoms with van der Waals surface area (Å²) in [4.78, 5) is 23.7. The smallest absolute Gasteiger partial charge is 0.305 e. The Bertz CT molecular complexity index is 243. The highest BCUT2D eigenvalue weighted by molar-refractivity contribution is 5.80. The molecule has 0 aromatic carbocycles. The van der Waals surface area contributed by atoms with Crippen molar-refractivity contribution in [3.05, 3.63) is 0 Å². The third kappa shape index (κ3) is 3.51. The number of hydrogen-bond acceptors (Lipinski definition) is 4. The summed E-state index contributed by atoms with van der Waals surface area (Å²) < 4.78 is 4.53. The first-order valence-electron chi connectivity index (χ1n) is 5.25. The second-order valence-electron chi connectivity index (χ2n) is 3.78. The second-order valence-corrected chi connectivity index (χ2v) is 3.78. The minimum Gasteiger partial charge on any atom is -0.469 e. The maximum absolute atomic E-state index is 10.9. The van der Waals surface area contributed by atoms with Crippen molar-refractivity contribution < 1.29 is 14.3 Å². The molecule has 0 bridgehead atoms. The molecule has 86 valence electrons. The topological polar surface area (TPSA) is 72.6 Å². The molecule has 15 heavy (non-hydrogen) atoms. The van der Waals surface area contributed by atoms with Crippen LogP contribution < -0.4 is 5.73 Å². The SMILES string of the molecule is COC(=O)CCCCN1CCC1C(N)=O. The predicted octanol–water partition coefficient (Wildman–Crippen LogP) is -0.111. The van der Waals surface area contributed by atoms with Crippen molar-refractivity contribution in [3.8, 4) is 0 Å². The largest absolute Gasteiger partial charge is 0.469 e. The van der Waals surface area contributed by atoms with E-state index in [1.54, 1.807) is 0 Å². The van der Waals surface area contributed by atoms with Crippen LogP contribution in [0, 0.1) is 0 Å². The van der Waals surface area contributed by atoms with E-state index in [4.69, 9.17) is 5.73 Å². The molecular formula is C10H18N2O3. The van der Waals surface area contributed by atoms with E-state index in [2.05, 4.69) is 9.64 Å². The quantitative estimate of drug-likeness (QED) is 0.494. The third-order valence-corrected chi connectivity index (χ3v) is 2.76. The maximum atomic E-state index is 10.9. The minimum atomic E-state index is -0.241. The molecular weight excluding hydrogens is 196 g/mol. The van der Waals surface area contributed by atoms with E-state index in [0.717, 1.165) is 32.4 Å². The molecule has 1 aliphatic heterocycles. The number of primary amides is 1. The minimum absolute atomic E-state index is 0.0804. The van der Waals surface area contributed by atoms with E-state index in [9.17, 15) is 9.59 Å². The molecule has 0 spiro atoms. The van der Waals surface area contributed by atoms with Gasteiger partial charge < -0.3 is 10.5 Å². The molecule has 5 nitrogen and oxygen atoms in total. The van der Waals surface area contributed by atoms with E-state index in [0.29, 0.717) is 6.42 Å². The van der Waals surface area contributed by atoms with Crippen LogP contribution in [0.4, 0.5) is 0 Å². The normalized spacial score (nSPS) is 20.7. The molecule has 1 aliphatic rings. The van der Waals surface area contributed by atoms with Crippen LogP contribution in [0.1, 0.15) is 25.7 Å². The molecule has 1 unspecified atom stereocenters. The lowest BCUT2D eigenvalue weighted by Gasteiger charge is -2.38. The van der Waals surface area contributed by atoms with E-state index >= 15 is 0 Å². The highest BCUT2D eigenvalue weighted by Gasteiger charge is 2.31. The second kappa shape index (κ2) is 5.70. The third-order valence-electron chi connectivity index (χ3n) is 2.76. The van der Waals surface area contributed by atoms with Gasteiger partial charge in [-0.25, -0.2) is 0 Å². The number of ether oxygens (including phenoxy) is 1. The van der Waals surface area contributed by atoms with Gasteiger partial charge in [-0.05, 0) is 25.8 Å². The standard InChI is InChI=1S/C10H18N2O3/c1-15-9(13)4-2-3-6-12-7-5-8(12)10(11)14/h8H,2-7H2,1H3,(H2,11,14). The molecule has 0 radical (unpaired) electrons. The van der Waals surface area contributed by atoms with Gasteiger partial charge >= 0.3 is 5.97 Å². The summed E-state index contributed by atoms with van der Waals surface area (Å²) in [5.41, 5.74) is 5.21. The Balaban J connectivity index is 2.06. The predicted molar refractivity (Wildman–Crippen MR) is 55.0 cm³/mol. The van der Waals surface area contributed by atoms with Crippen LogP contribution >= 0.6 is 0 Å². The molecule has 0 saturated carbocycles. The highest BCUT2D eigenvalue weighted by atomic mass is 16.5. The summed E-state index contributed by atoms with van der Waals surface area (Å²) in [6, 6.07) is -0.0804. The van der Waals surface area contributed by atoms with Crippen LogP contribution in [0.3, 0.4) is 0 Å². The van der Waals surface area contributed by atoms with Crippen molar-refractivity contribution in [3.63, 3.8) is 0 Å². The fraction of sp³-hybridized carbons (Fsp3) is 0.800. The number of unbranched alkanes of at least 4 members (excludes halogenated alkanes) is 1. The zero-order valence-electron chi connectivity index (χ0n) is 9.07. The Morgan fingerprint density at radius 1 is 1.47 bits per heavy atom. The van der Waals surface area contributed by atoms with Crippen LogP contribution in [-0.4, -0.2) is 43.0 Å². The zero-order valence-corrected chi connectivity index (χ0v) is 9.07. The summed E-state index contributed by atoms with van der Waals surface area (Å²) in [5.74, 6) is -0.417. The van der Waals surface area contributed by atoms with Gasteiger partial charge in [0.2, 0.25) is 5.91 Å². The van der Waals surface area contributed by atoms with Gasteiger partial charge in [-0.3, -0.25) is 14.5 Å². The number of methoxy groups -OCH3 is 1. The molecule has 1 rings (SSSR count). The number of rotatable bonds is 6. The van der Waals surface area contributed by atoms with Gasteiger partial charge in [0.25, 0.3) is 0 Å². The highest BCUT2D eigenvalue weighted by Crippen LogP contribution is 2.17. The van der Waals surface area contributed by atoms with Crippen molar-refractivity contribution >= 4 is 11.9 Å². The van der Waals surface area contributed by atoms with Crippen molar-refractivity contribution in [2.24, 2.45) is 5.73 Å². The number of hydrogen-bond donors (Lipinski definition) is 1. The van der Waals surface area contributed by atoms with Crippen molar-refractivity contribution in [2.75, 3.05) is 20.2 Å². The zero-order chi connectivity index (χ0) is 11.3. The lowest BCUT2D eigenvalue weighted by molar-refractivity contribution is -0.140. The van der Waals surface area contributed by atoms with E-state index in [1.165, 1.54) is 7.11 Å².